The summed E-state index contributed by atoms with van der Waals surface area (Å²) in [6.45, 7) is 1.87. The molecule has 1 amide bonds. The molecular formula is C28H24N2O5. The summed E-state index contributed by atoms with van der Waals surface area (Å²) in [6, 6.07) is 26.0. The fourth-order valence-corrected chi connectivity index (χ4v) is 3.77. The highest BCUT2D eigenvalue weighted by Gasteiger charge is 2.39. The average Bonchev–Trinajstić information content (AvgIpc) is 3.37. The number of rotatable bonds is 7. The highest BCUT2D eigenvalue weighted by molar-refractivity contribution is 5.91. The van der Waals surface area contributed by atoms with Gasteiger partial charge in [0, 0.05) is 5.56 Å². The first-order chi connectivity index (χ1) is 16.9. The lowest BCUT2D eigenvalue weighted by Crippen LogP contribution is -2.43. The van der Waals surface area contributed by atoms with Crippen LogP contribution in [-0.2, 0) is 15.1 Å². The second kappa shape index (κ2) is 10.2. The topological polar surface area (TPSA) is 101 Å². The normalized spacial score (nSPS) is 11.4. The monoisotopic (exact) mass is 468 g/mol. The van der Waals surface area contributed by atoms with Crippen LogP contribution in [0.5, 0.6) is 0 Å². The van der Waals surface area contributed by atoms with E-state index in [0.29, 0.717) is 28.2 Å². The van der Waals surface area contributed by atoms with Crippen LogP contribution in [0.4, 0.5) is 0 Å². The van der Waals surface area contributed by atoms with E-state index in [4.69, 9.17) is 9.15 Å². The van der Waals surface area contributed by atoms with Crippen molar-refractivity contribution in [1.29, 1.82) is 0 Å². The molecule has 4 rings (SSSR count). The number of benzene rings is 3. The molecule has 4 aromatic rings. The van der Waals surface area contributed by atoms with Crippen LogP contribution < -0.4 is 5.43 Å². The molecule has 7 nitrogen and oxygen atoms in total. The van der Waals surface area contributed by atoms with Crippen molar-refractivity contribution in [3.05, 3.63) is 119 Å². The van der Waals surface area contributed by atoms with Crippen molar-refractivity contribution in [3.63, 3.8) is 0 Å². The lowest BCUT2D eigenvalue weighted by molar-refractivity contribution is -0.136. The minimum Gasteiger partial charge on any atom is -0.465 e. The average molecular weight is 469 g/mol. The number of carbonyl (C=O) groups excluding carboxylic acids is 2. The van der Waals surface area contributed by atoms with Crippen LogP contribution >= 0.6 is 0 Å². The number of aryl methyl sites for hydroxylation is 1. The Labute approximate surface area is 202 Å². The first-order valence-electron chi connectivity index (χ1n) is 10.9. The van der Waals surface area contributed by atoms with E-state index >= 15 is 0 Å². The standard InChI is InChI=1S/C28H24N2O5/c1-19-17-20(26(31)34-2)13-15-24(19)25-16-14-23(35-25)18-29-30-27(32)28(33,21-9-5-3-6-10-21)22-11-7-4-8-12-22/h3-18,33H,1-2H3,(H,30,32)/b29-18+. The number of carbonyl (C=O) groups is 2. The lowest BCUT2D eigenvalue weighted by Gasteiger charge is -2.26. The molecule has 3 aromatic carbocycles. The van der Waals surface area contributed by atoms with Crippen LogP contribution in [0.1, 0.15) is 32.8 Å². The van der Waals surface area contributed by atoms with Gasteiger partial charge in [-0.25, -0.2) is 10.2 Å². The molecule has 1 heterocycles. The third-order valence-electron chi connectivity index (χ3n) is 5.61. The Morgan fingerprint density at radius 2 is 1.57 bits per heavy atom. The summed E-state index contributed by atoms with van der Waals surface area (Å²) in [6.07, 6.45) is 1.36. The van der Waals surface area contributed by atoms with E-state index in [2.05, 4.69) is 10.5 Å². The first kappa shape index (κ1) is 23.7. The highest BCUT2D eigenvalue weighted by Crippen LogP contribution is 2.30. The molecule has 0 aliphatic carbocycles. The number of ether oxygens (including phenoxy) is 1. The lowest BCUT2D eigenvalue weighted by atomic mass is 9.85. The smallest absolute Gasteiger partial charge is 0.337 e. The van der Waals surface area contributed by atoms with Gasteiger partial charge in [-0.15, -0.1) is 0 Å². The summed E-state index contributed by atoms with van der Waals surface area (Å²) < 4.78 is 10.6. The molecule has 7 heteroatoms. The third-order valence-corrected chi connectivity index (χ3v) is 5.61. The molecule has 0 aliphatic rings. The molecule has 1 aromatic heterocycles. The number of amides is 1. The predicted octanol–water partition coefficient (Wildman–Crippen LogP) is 4.43. The van der Waals surface area contributed by atoms with Crippen molar-refractivity contribution in [2.24, 2.45) is 5.10 Å². The maximum absolute atomic E-state index is 13.1. The molecule has 0 saturated heterocycles. The second-order valence-electron chi connectivity index (χ2n) is 7.86. The van der Waals surface area contributed by atoms with Gasteiger partial charge in [-0.3, -0.25) is 4.79 Å². The molecule has 0 radical (unpaired) electrons. The Morgan fingerprint density at radius 1 is 0.943 bits per heavy atom. The molecule has 176 valence electrons. The number of esters is 1. The Balaban J connectivity index is 1.52. The van der Waals surface area contributed by atoms with Gasteiger partial charge in [0.05, 0.1) is 18.9 Å². The molecule has 0 saturated carbocycles. The van der Waals surface area contributed by atoms with Crippen molar-refractivity contribution in [1.82, 2.24) is 5.43 Å². The van der Waals surface area contributed by atoms with Crippen LogP contribution in [0, 0.1) is 6.92 Å². The van der Waals surface area contributed by atoms with Crippen LogP contribution in [0.15, 0.2) is 101 Å². The van der Waals surface area contributed by atoms with Crippen LogP contribution in [-0.4, -0.2) is 30.3 Å². The van der Waals surface area contributed by atoms with Crippen molar-refractivity contribution in [3.8, 4) is 11.3 Å². The summed E-state index contributed by atoms with van der Waals surface area (Å²) >= 11 is 0. The number of hydrogen-bond acceptors (Lipinski definition) is 6. The minimum absolute atomic E-state index is 0.403. The van der Waals surface area contributed by atoms with Gasteiger partial charge in [0.2, 0.25) is 0 Å². The van der Waals surface area contributed by atoms with Crippen molar-refractivity contribution in [2.45, 2.75) is 12.5 Å². The van der Waals surface area contributed by atoms with Crippen LogP contribution in [0.3, 0.4) is 0 Å². The van der Waals surface area contributed by atoms with Crippen LogP contribution in [0.2, 0.25) is 0 Å². The molecular weight excluding hydrogens is 444 g/mol. The SMILES string of the molecule is COC(=O)c1ccc(-c2ccc(/C=N/NC(=O)C(O)(c3ccccc3)c3ccccc3)o2)c(C)c1. The Hall–Kier alpha value is -4.49. The van der Waals surface area contributed by atoms with Gasteiger partial charge in [0.15, 0.2) is 5.60 Å². The van der Waals surface area contributed by atoms with E-state index in [-0.39, 0.29) is 0 Å². The van der Waals surface area contributed by atoms with Gasteiger partial charge >= 0.3 is 5.97 Å². The zero-order chi connectivity index (χ0) is 24.8. The van der Waals surface area contributed by atoms with Crippen molar-refractivity contribution < 1.29 is 23.8 Å². The summed E-state index contributed by atoms with van der Waals surface area (Å²) in [4.78, 5) is 24.8. The Morgan fingerprint density at radius 3 is 2.14 bits per heavy atom. The number of nitrogens with one attached hydrogen (secondary N) is 1. The van der Waals surface area contributed by atoms with E-state index in [0.717, 1.165) is 11.1 Å². The Kier molecular flexibility index (Phi) is 6.89. The summed E-state index contributed by atoms with van der Waals surface area (Å²) in [5.41, 5.74) is 3.45. The van der Waals surface area contributed by atoms with Gasteiger partial charge in [-0.05, 0) is 47.9 Å². The number of hydrogen-bond donors (Lipinski definition) is 2. The fourth-order valence-electron chi connectivity index (χ4n) is 3.77. The largest absolute Gasteiger partial charge is 0.465 e. The summed E-state index contributed by atoms with van der Waals surface area (Å²) in [7, 11) is 1.34. The predicted molar refractivity (Wildman–Crippen MR) is 132 cm³/mol. The Bertz CT molecular complexity index is 1320. The maximum Gasteiger partial charge on any atom is 0.337 e. The zero-order valence-corrected chi connectivity index (χ0v) is 19.3. The molecule has 0 aliphatic heterocycles. The molecule has 0 atom stereocenters. The summed E-state index contributed by atoms with van der Waals surface area (Å²) in [5.74, 6) is -0.128. The van der Waals surface area contributed by atoms with Crippen LogP contribution in [0.25, 0.3) is 11.3 Å². The van der Waals surface area contributed by atoms with E-state index in [9.17, 15) is 14.7 Å². The zero-order valence-electron chi connectivity index (χ0n) is 19.3. The minimum atomic E-state index is -1.92. The van der Waals surface area contributed by atoms with Crippen molar-refractivity contribution >= 4 is 18.1 Å². The number of nitrogens with zero attached hydrogens (tertiary/aromatic N) is 1. The fraction of sp³-hybridized carbons (Fsp3) is 0.107. The van der Waals surface area contributed by atoms with E-state index in [1.807, 2.05) is 19.1 Å². The van der Waals surface area contributed by atoms with Gasteiger partial charge in [-0.2, -0.15) is 5.10 Å². The molecule has 0 bridgehead atoms. The van der Waals surface area contributed by atoms with E-state index in [1.54, 1.807) is 78.9 Å². The first-order valence-corrected chi connectivity index (χ1v) is 10.9. The number of furan rings is 1. The van der Waals surface area contributed by atoms with Crippen molar-refractivity contribution in [2.75, 3.05) is 7.11 Å². The molecule has 0 unspecified atom stereocenters. The molecule has 0 spiro atoms. The number of methoxy groups -OCH3 is 1. The number of aliphatic hydroxyl groups is 1. The quantitative estimate of drug-likeness (QED) is 0.237. The third kappa shape index (κ3) is 4.90. The van der Waals surface area contributed by atoms with Gasteiger partial charge in [0.25, 0.3) is 5.91 Å². The maximum atomic E-state index is 13.1. The van der Waals surface area contributed by atoms with Gasteiger partial charge in [-0.1, -0.05) is 66.7 Å². The molecule has 0 fully saturated rings. The number of hydrazone groups is 1. The van der Waals surface area contributed by atoms with Gasteiger partial charge in [0.1, 0.15) is 11.5 Å². The van der Waals surface area contributed by atoms with Gasteiger partial charge < -0.3 is 14.3 Å². The summed E-state index contributed by atoms with van der Waals surface area (Å²) in [5, 5.41) is 15.4. The van der Waals surface area contributed by atoms with E-state index in [1.165, 1.54) is 13.3 Å². The molecule has 35 heavy (non-hydrogen) atoms. The highest BCUT2D eigenvalue weighted by atomic mass is 16.5. The van der Waals surface area contributed by atoms with E-state index < -0.39 is 17.5 Å². The second-order valence-corrected chi connectivity index (χ2v) is 7.86. The molecule has 2 N–H and O–H groups in total.